The maximum absolute atomic E-state index is 14.1. The van der Waals surface area contributed by atoms with Gasteiger partial charge in [-0.05, 0) is 24.3 Å². The minimum absolute atomic E-state index is 0.584. The molecule has 1 atom stereocenters. The summed E-state index contributed by atoms with van der Waals surface area (Å²) in [5, 5.41) is 8.96. The first-order chi connectivity index (χ1) is 9.18. The number of benzene rings is 2. The van der Waals surface area contributed by atoms with E-state index in [2.05, 4.69) is 0 Å². The molecule has 0 saturated carbocycles. The largest absolute Gasteiger partial charge is 0.478 e. The molecule has 0 amide bonds. The summed E-state index contributed by atoms with van der Waals surface area (Å²) in [6, 6.07) is 14.4. The number of alkyl halides is 1. The van der Waals surface area contributed by atoms with E-state index in [-0.39, 0.29) is 0 Å². The van der Waals surface area contributed by atoms with Gasteiger partial charge in [-0.25, -0.2) is 9.18 Å². The first-order valence-corrected chi connectivity index (χ1v) is 6.52. The number of aliphatic carboxylic acids is 1. The second-order valence-electron chi connectivity index (χ2n) is 4.08. The van der Waals surface area contributed by atoms with Crippen LogP contribution in [0.15, 0.2) is 58.3 Å². The summed E-state index contributed by atoms with van der Waals surface area (Å²) < 4.78 is 14.1. The van der Waals surface area contributed by atoms with Crippen molar-refractivity contribution in [3.8, 4) is 0 Å². The van der Waals surface area contributed by atoms with Crippen molar-refractivity contribution in [3.63, 3.8) is 0 Å². The van der Waals surface area contributed by atoms with Gasteiger partial charge in [0.05, 0.1) is 11.4 Å². The van der Waals surface area contributed by atoms with Crippen molar-refractivity contribution in [1.29, 1.82) is 0 Å². The number of rotatable bonds is 2. The summed E-state index contributed by atoms with van der Waals surface area (Å²) in [4.78, 5) is 13.9. The number of carbonyl (C=O) groups is 1. The highest BCUT2D eigenvalue weighted by Gasteiger charge is 2.32. The zero-order valence-corrected chi connectivity index (χ0v) is 10.6. The van der Waals surface area contributed by atoms with E-state index in [0.29, 0.717) is 11.4 Å². The minimum Gasteiger partial charge on any atom is -0.478 e. The lowest BCUT2D eigenvalue weighted by molar-refractivity contribution is -0.142. The fourth-order valence-corrected chi connectivity index (χ4v) is 3.16. The molecule has 0 bridgehead atoms. The van der Waals surface area contributed by atoms with Crippen LogP contribution in [0.25, 0.3) is 0 Å². The topological polar surface area (TPSA) is 40.5 Å². The van der Waals surface area contributed by atoms with Crippen molar-refractivity contribution < 1.29 is 14.3 Å². The van der Waals surface area contributed by atoms with Gasteiger partial charge in [0.25, 0.3) is 6.30 Å². The van der Waals surface area contributed by atoms with Gasteiger partial charge in [-0.2, -0.15) is 0 Å². The van der Waals surface area contributed by atoms with Crippen molar-refractivity contribution in [2.45, 2.75) is 16.1 Å². The zero-order chi connectivity index (χ0) is 13.4. The number of nitrogens with zero attached hydrogens (tertiary/aromatic N) is 1. The Hall–Kier alpha value is -2.01. The number of para-hydroxylation sites is 2. The molecule has 0 radical (unpaired) electrons. The molecule has 1 heterocycles. The maximum Gasteiger partial charge on any atom is 0.359 e. The SMILES string of the molecule is O=C(O)C(F)N1c2ccccc2Sc2ccccc21. The number of hydrogen-bond donors (Lipinski definition) is 1. The molecule has 0 spiro atoms. The van der Waals surface area contributed by atoms with Crippen LogP contribution in [0.1, 0.15) is 0 Å². The summed E-state index contributed by atoms with van der Waals surface area (Å²) >= 11 is 1.51. The highest BCUT2D eigenvalue weighted by atomic mass is 32.2. The van der Waals surface area contributed by atoms with Crippen LogP contribution in [0.5, 0.6) is 0 Å². The quantitative estimate of drug-likeness (QED) is 0.849. The van der Waals surface area contributed by atoms with Crippen molar-refractivity contribution in [1.82, 2.24) is 0 Å². The lowest BCUT2D eigenvalue weighted by Gasteiger charge is -2.33. The fraction of sp³-hybridized carbons (Fsp3) is 0.0714. The molecule has 1 aliphatic heterocycles. The van der Waals surface area contributed by atoms with Gasteiger partial charge in [-0.3, -0.25) is 4.90 Å². The van der Waals surface area contributed by atoms with Crippen LogP contribution in [0.2, 0.25) is 0 Å². The highest BCUT2D eigenvalue weighted by Crippen LogP contribution is 2.48. The molecular weight excluding hydrogens is 265 g/mol. The van der Waals surface area contributed by atoms with Crippen LogP contribution in [0.4, 0.5) is 15.8 Å². The summed E-state index contributed by atoms with van der Waals surface area (Å²) in [7, 11) is 0. The molecule has 3 nitrogen and oxygen atoms in total. The van der Waals surface area contributed by atoms with Gasteiger partial charge >= 0.3 is 5.97 Å². The Bertz CT molecular complexity index is 601. The van der Waals surface area contributed by atoms with E-state index in [0.717, 1.165) is 9.79 Å². The average Bonchev–Trinajstić information content (AvgIpc) is 2.43. The van der Waals surface area contributed by atoms with E-state index in [1.54, 1.807) is 24.3 Å². The van der Waals surface area contributed by atoms with Gasteiger partial charge < -0.3 is 5.11 Å². The molecule has 0 fully saturated rings. The first kappa shape index (κ1) is 12.0. The van der Waals surface area contributed by atoms with Gasteiger partial charge in [-0.1, -0.05) is 36.0 Å². The second-order valence-corrected chi connectivity index (χ2v) is 5.17. The van der Waals surface area contributed by atoms with Gasteiger partial charge in [0, 0.05) is 9.79 Å². The van der Waals surface area contributed by atoms with Crippen molar-refractivity contribution >= 4 is 29.1 Å². The van der Waals surface area contributed by atoms with Crippen LogP contribution < -0.4 is 4.90 Å². The van der Waals surface area contributed by atoms with E-state index in [9.17, 15) is 9.18 Å². The summed E-state index contributed by atoms with van der Waals surface area (Å²) in [6.07, 6.45) is -2.09. The lowest BCUT2D eigenvalue weighted by atomic mass is 10.2. The molecule has 2 aromatic rings. The van der Waals surface area contributed by atoms with E-state index >= 15 is 0 Å². The van der Waals surface area contributed by atoms with E-state index in [1.807, 2.05) is 24.3 Å². The normalized spacial score (nSPS) is 14.5. The Labute approximate surface area is 113 Å². The zero-order valence-electron chi connectivity index (χ0n) is 9.79. The van der Waals surface area contributed by atoms with Crippen LogP contribution >= 0.6 is 11.8 Å². The predicted octanol–water partition coefficient (Wildman–Crippen LogP) is 3.67. The summed E-state index contributed by atoms with van der Waals surface area (Å²) in [5.74, 6) is -1.49. The van der Waals surface area contributed by atoms with E-state index in [4.69, 9.17) is 5.11 Å². The smallest absolute Gasteiger partial charge is 0.359 e. The van der Waals surface area contributed by atoms with Gasteiger partial charge in [0.1, 0.15) is 0 Å². The number of anilines is 2. The molecule has 1 N–H and O–H groups in total. The highest BCUT2D eigenvalue weighted by molar-refractivity contribution is 7.99. The Balaban J connectivity index is 2.19. The van der Waals surface area contributed by atoms with Crippen LogP contribution in [0.3, 0.4) is 0 Å². The first-order valence-electron chi connectivity index (χ1n) is 5.70. The van der Waals surface area contributed by atoms with Gasteiger partial charge in [0.2, 0.25) is 0 Å². The molecule has 0 aromatic heterocycles. The Kier molecular flexibility index (Phi) is 2.91. The molecule has 0 aliphatic carbocycles. The minimum atomic E-state index is -2.09. The van der Waals surface area contributed by atoms with Crippen LogP contribution in [-0.2, 0) is 4.79 Å². The molecular formula is C14H10FNO2S. The molecule has 1 aliphatic rings. The standard InChI is InChI=1S/C14H10FNO2S/c15-13(14(17)18)16-9-5-1-3-7-11(9)19-12-8-4-2-6-10(12)16/h1-8,13H,(H,17,18). The molecule has 2 aromatic carbocycles. The van der Waals surface area contributed by atoms with Crippen LogP contribution in [-0.4, -0.2) is 17.4 Å². The predicted molar refractivity (Wildman–Crippen MR) is 71.7 cm³/mol. The van der Waals surface area contributed by atoms with Crippen LogP contribution in [0, 0.1) is 0 Å². The van der Waals surface area contributed by atoms with Gasteiger partial charge in [0.15, 0.2) is 0 Å². The van der Waals surface area contributed by atoms with Crippen molar-refractivity contribution in [3.05, 3.63) is 48.5 Å². The maximum atomic E-state index is 14.1. The van der Waals surface area contributed by atoms with E-state index < -0.39 is 12.3 Å². The number of fused-ring (bicyclic) bond motifs is 2. The third-order valence-corrected chi connectivity index (χ3v) is 4.03. The third-order valence-electron chi connectivity index (χ3n) is 2.90. The molecule has 19 heavy (non-hydrogen) atoms. The van der Waals surface area contributed by atoms with Gasteiger partial charge in [-0.15, -0.1) is 0 Å². The summed E-state index contributed by atoms with van der Waals surface area (Å²) in [5.41, 5.74) is 1.17. The lowest BCUT2D eigenvalue weighted by Crippen LogP contribution is -2.35. The monoisotopic (exact) mass is 275 g/mol. The molecule has 5 heteroatoms. The third kappa shape index (κ3) is 1.96. The number of hydrogen-bond acceptors (Lipinski definition) is 3. The Morgan fingerprint density at radius 1 is 1.05 bits per heavy atom. The fourth-order valence-electron chi connectivity index (χ4n) is 2.09. The van der Waals surface area contributed by atoms with E-state index in [1.165, 1.54) is 16.7 Å². The average molecular weight is 275 g/mol. The molecule has 0 saturated heterocycles. The second kappa shape index (κ2) is 4.59. The van der Waals surface area contributed by atoms with Crippen molar-refractivity contribution in [2.24, 2.45) is 0 Å². The molecule has 1 unspecified atom stereocenters. The summed E-state index contributed by atoms with van der Waals surface area (Å²) in [6.45, 7) is 0. The Morgan fingerprint density at radius 3 is 2.00 bits per heavy atom. The molecule has 3 rings (SSSR count). The molecule has 96 valence electrons. The number of carboxylic acid groups (broad SMARTS) is 1. The number of halogens is 1. The van der Waals surface area contributed by atoms with Crippen molar-refractivity contribution in [2.75, 3.05) is 4.90 Å². The Morgan fingerprint density at radius 2 is 1.53 bits per heavy atom. The number of carboxylic acids is 1.